The Morgan fingerprint density at radius 2 is 1.22 bits per heavy atom. The van der Waals surface area contributed by atoms with Crippen LogP contribution in [0.15, 0.2) is 140 Å². The average molecular weight is 563 g/mol. The Morgan fingerprint density at radius 1 is 0.585 bits per heavy atom. The van der Waals surface area contributed by atoms with Crippen molar-refractivity contribution in [2.75, 3.05) is 7.11 Å². The fourth-order valence-corrected chi connectivity index (χ4v) is 11.3. The molecule has 0 saturated heterocycles. The molecule has 0 atom stereocenters. The third-order valence-corrected chi connectivity index (χ3v) is 13.4. The third kappa shape index (κ3) is 3.57. The van der Waals surface area contributed by atoms with Crippen LogP contribution in [0, 0.1) is 0 Å². The van der Waals surface area contributed by atoms with E-state index in [2.05, 4.69) is 138 Å². The van der Waals surface area contributed by atoms with Gasteiger partial charge in [-0.25, -0.2) is 4.98 Å². The minimum atomic E-state index is -2.76. The number of benzene rings is 5. The minimum absolute atomic E-state index is 0.976. The number of hydrogen-bond acceptors (Lipinski definition) is 3. The Bertz CT molecular complexity index is 2160. The van der Waals surface area contributed by atoms with E-state index in [9.17, 15) is 0 Å². The summed E-state index contributed by atoms with van der Waals surface area (Å²) in [6.45, 7) is 0. The molecule has 0 N–H and O–H groups in total. The number of nitrogens with zero attached hydrogens (tertiary/aromatic N) is 2. The SMILES string of the molecule is CO[Si](c1ccccc1)(c1ccccc1)c1ccc2c(c1)c1ccccc1n2-c1nccc2c1sc1ccccc12. The van der Waals surface area contributed by atoms with Crippen LogP contribution in [0.4, 0.5) is 0 Å². The molecule has 0 amide bonds. The first-order valence-electron chi connectivity index (χ1n) is 13.8. The van der Waals surface area contributed by atoms with Crippen molar-refractivity contribution in [3.05, 3.63) is 140 Å². The lowest BCUT2D eigenvalue weighted by Gasteiger charge is -2.31. The molecule has 8 aromatic rings. The second kappa shape index (κ2) is 9.53. The van der Waals surface area contributed by atoms with Crippen molar-refractivity contribution in [2.45, 2.75) is 0 Å². The van der Waals surface area contributed by atoms with Gasteiger partial charge in [0.15, 0.2) is 5.82 Å². The zero-order valence-corrected chi connectivity index (χ0v) is 24.3. The van der Waals surface area contributed by atoms with Gasteiger partial charge in [-0.05, 0) is 45.9 Å². The van der Waals surface area contributed by atoms with Crippen molar-refractivity contribution in [3.63, 3.8) is 0 Å². The highest BCUT2D eigenvalue weighted by atomic mass is 32.1. The fraction of sp³-hybridized carbons (Fsp3) is 0.0278. The lowest BCUT2D eigenvalue weighted by Crippen LogP contribution is -2.68. The second-order valence-corrected chi connectivity index (χ2v) is 14.9. The molecule has 0 aliphatic heterocycles. The molecule has 3 heterocycles. The highest BCUT2D eigenvalue weighted by Gasteiger charge is 2.41. The van der Waals surface area contributed by atoms with Crippen molar-refractivity contribution in [1.82, 2.24) is 9.55 Å². The lowest BCUT2D eigenvalue weighted by atomic mass is 10.1. The van der Waals surface area contributed by atoms with Gasteiger partial charge in [-0.15, -0.1) is 11.3 Å². The van der Waals surface area contributed by atoms with Crippen LogP contribution >= 0.6 is 11.3 Å². The van der Waals surface area contributed by atoms with E-state index in [0.717, 1.165) is 16.9 Å². The van der Waals surface area contributed by atoms with Gasteiger partial charge in [-0.3, -0.25) is 4.57 Å². The van der Waals surface area contributed by atoms with Crippen LogP contribution in [-0.2, 0) is 4.43 Å². The molecule has 196 valence electrons. The van der Waals surface area contributed by atoms with E-state index >= 15 is 0 Å². The summed E-state index contributed by atoms with van der Waals surface area (Å²) in [5.41, 5.74) is 2.30. The molecule has 0 fully saturated rings. The van der Waals surface area contributed by atoms with E-state index in [4.69, 9.17) is 9.41 Å². The van der Waals surface area contributed by atoms with Crippen molar-refractivity contribution >= 4 is 77.2 Å². The Morgan fingerprint density at radius 3 is 1.95 bits per heavy atom. The van der Waals surface area contributed by atoms with Gasteiger partial charge in [0.05, 0.1) is 15.7 Å². The number of rotatable bonds is 5. The highest BCUT2D eigenvalue weighted by Crippen LogP contribution is 2.39. The summed E-state index contributed by atoms with van der Waals surface area (Å²) in [6.07, 6.45) is 1.94. The molecule has 0 unspecified atom stereocenters. The Labute approximate surface area is 243 Å². The topological polar surface area (TPSA) is 27.1 Å². The largest absolute Gasteiger partial charge is 0.408 e. The van der Waals surface area contributed by atoms with E-state index < -0.39 is 8.32 Å². The molecule has 8 rings (SSSR count). The van der Waals surface area contributed by atoms with Gasteiger partial charge in [-0.1, -0.05) is 103 Å². The van der Waals surface area contributed by atoms with Crippen molar-refractivity contribution < 1.29 is 4.43 Å². The Balaban J connectivity index is 1.44. The zero-order valence-electron chi connectivity index (χ0n) is 22.5. The number of para-hydroxylation sites is 1. The zero-order chi connectivity index (χ0) is 27.4. The average Bonchev–Trinajstić information content (AvgIpc) is 3.59. The van der Waals surface area contributed by atoms with Gasteiger partial charge in [-0.2, -0.15) is 0 Å². The molecule has 0 bridgehead atoms. The molecular weight excluding hydrogens is 537 g/mol. The predicted molar refractivity (Wildman–Crippen MR) is 176 cm³/mol. The van der Waals surface area contributed by atoms with Gasteiger partial charge >= 0.3 is 0 Å². The first-order chi connectivity index (χ1) is 20.3. The first-order valence-corrected chi connectivity index (χ1v) is 16.5. The molecule has 5 aromatic carbocycles. The van der Waals surface area contributed by atoms with Gasteiger partial charge in [0, 0.05) is 39.6 Å². The number of pyridine rings is 1. The van der Waals surface area contributed by atoms with Gasteiger partial charge < -0.3 is 4.43 Å². The summed E-state index contributed by atoms with van der Waals surface area (Å²) < 4.78 is 11.5. The summed E-state index contributed by atoms with van der Waals surface area (Å²) in [6, 6.07) is 47.8. The Kier molecular flexibility index (Phi) is 5.64. The van der Waals surface area contributed by atoms with Crippen molar-refractivity contribution in [1.29, 1.82) is 0 Å². The fourth-order valence-electron chi connectivity index (χ4n) is 6.42. The van der Waals surface area contributed by atoms with E-state index in [-0.39, 0.29) is 0 Å². The van der Waals surface area contributed by atoms with Crippen LogP contribution in [0.5, 0.6) is 0 Å². The number of fused-ring (bicyclic) bond motifs is 6. The highest BCUT2D eigenvalue weighted by molar-refractivity contribution is 7.26. The molecule has 5 heteroatoms. The number of aromatic nitrogens is 2. The van der Waals surface area contributed by atoms with E-state index in [1.165, 1.54) is 46.5 Å². The van der Waals surface area contributed by atoms with Crippen LogP contribution in [0.1, 0.15) is 0 Å². The van der Waals surface area contributed by atoms with Gasteiger partial charge in [0.1, 0.15) is 0 Å². The Hall–Kier alpha value is -4.55. The van der Waals surface area contributed by atoms with Crippen molar-refractivity contribution in [2.24, 2.45) is 0 Å². The van der Waals surface area contributed by atoms with Crippen molar-refractivity contribution in [3.8, 4) is 5.82 Å². The first kappa shape index (κ1) is 24.3. The van der Waals surface area contributed by atoms with Crippen LogP contribution in [0.3, 0.4) is 0 Å². The van der Waals surface area contributed by atoms with Crippen LogP contribution < -0.4 is 15.6 Å². The summed E-state index contributed by atoms with van der Waals surface area (Å²) in [4.78, 5) is 4.98. The molecule has 0 aliphatic rings. The maximum absolute atomic E-state index is 6.66. The normalized spacial score (nSPS) is 12.1. The minimum Gasteiger partial charge on any atom is -0.408 e. The second-order valence-electron chi connectivity index (χ2n) is 10.3. The van der Waals surface area contributed by atoms with Crippen LogP contribution in [-0.4, -0.2) is 25.0 Å². The number of hydrogen-bond donors (Lipinski definition) is 0. The quantitative estimate of drug-likeness (QED) is 0.164. The maximum Gasteiger partial charge on any atom is 0.288 e. The van der Waals surface area contributed by atoms with Gasteiger partial charge in [0.2, 0.25) is 0 Å². The summed E-state index contributed by atoms with van der Waals surface area (Å²) in [7, 11) is -0.894. The molecule has 0 saturated carbocycles. The molecule has 0 spiro atoms. The summed E-state index contributed by atoms with van der Waals surface area (Å²) in [5, 5.41) is 8.63. The van der Waals surface area contributed by atoms with E-state index in [0.29, 0.717) is 0 Å². The summed E-state index contributed by atoms with van der Waals surface area (Å²) >= 11 is 1.81. The van der Waals surface area contributed by atoms with Crippen LogP contribution in [0.25, 0.3) is 47.8 Å². The number of thiophene rings is 1. The molecule has 41 heavy (non-hydrogen) atoms. The van der Waals surface area contributed by atoms with Crippen LogP contribution in [0.2, 0.25) is 0 Å². The van der Waals surface area contributed by atoms with Gasteiger partial charge in [0.25, 0.3) is 8.32 Å². The molecule has 0 radical (unpaired) electrons. The molecule has 3 nitrogen and oxygen atoms in total. The molecule has 0 aliphatic carbocycles. The predicted octanol–water partition coefficient (Wildman–Crippen LogP) is 7.16. The van der Waals surface area contributed by atoms with E-state index in [1.54, 1.807) is 0 Å². The standard InChI is InChI=1S/C36H26N2OSSi/c1-39-41(25-12-4-2-5-13-25,26-14-6-3-7-15-26)27-20-21-33-31(24-27)28-16-8-10-18-32(28)38(33)36-35-30(22-23-37-36)29-17-9-11-19-34(29)40-35/h2-24H,1H3. The lowest BCUT2D eigenvalue weighted by molar-refractivity contribution is 0.426. The van der Waals surface area contributed by atoms with E-state index in [1.807, 2.05) is 24.6 Å². The smallest absolute Gasteiger partial charge is 0.288 e. The molecular formula is C36H26N2OSSi. The third-order valence-electron chi connectivity index (χ3n) is 8.23. The maximum atomic E-state index is 6.66. The monoisotopic (exact) mass is 562 g/mol. The summed E-state index contributed by atoms with van der Waals surface area (Å²) in [5.74, 6) is 0.976. The molecule has 3 aromatic heterocycles.